The first kappa shape index (κ1) is 14.5. The van der Waals surface area contributed by atoms with Gasteiger partial charge in [0.25, 0.3) is 5.91 Å². The molecule has 1 unspecified atom stereocenters. The molecule has 2 amide bonds. The number of amides is 2. The maximum absolute atomic E-state index is 13.3. The molecule has 0 aromatic heterocycles. The number of anilines is 1. The highest BCUT2D eigenvalue weighted by Gasteiger charge is 2.28. The minimum Gasteiger partial charge on any atom is -0.340 e. The van der Waals surface area contributed by atoms with E-state index in [1.54, 1.807) is 18.2 Å². The van der Waals surface area contributed by atoms with E-state index in [2.05, 4.69) is 10.6 Å². The van der Waals surface area contributed by atoms with Gasteiger partial charge in [0.2, 0.25) is 5.91 Å². The van der Waals surface area contributed by atoms with Crippen molar-refractivity contribution in [1.82, 2.24) is 5.32 Å². The molecule has 112 valence electrons. The van der Waals surface area contributed by atoms with Crippen LogP contribution in [0.1, 0.15) is 15.9 Å². The summed E-state index contributed by atoms with van der Waals surface area (Å²) in [5.74, 6) is -1.39. The molecule has 0 saturated carbocycles. The van der Waals surface area contributed by atoms with E-state index in [0.717, 1.165) is 11.6 Å². The van der Waals surface area contributed by atoms with Crippen molar-refractivity contribution >= 4 is 29.1 Å². The highest BCUT2D eigenvalue weighted by atomic mass is 35.5. The van der Waals surface area contributed by atoms with Crippen LogP contribution in [0.25, 0.3) is 0 Å². The Labute approximate surface area is 131 Å². The van der Waals surface area contributed by atoms with Crippen molar-refractivity contribution in [3.05, 3.63) is 64.4 Å². The number of carbonyl (C=O) groups excluding carboxylic acids is 2. The van der Waals surface area contributed by atoms with Gasteiger partial charge < -0.3 is 10.6 Å². The van der Waals surface area contributed by atoms with E-state index in [4.69, 9.17) is 11.6 Å². The molecule has 0 bridgehead atoms. The van der Waals surface area contributed by atoms with Gasteiger partial charge in [-0.2, -0.15) is 0 Å². The number of rotatable bonds is 2. The smallest absolute Gasteiger partial charge is 0.254 e. The summed E-state index contributed by atoms with van der Waals surface area (Å²) in [6.45, 7) is 0. The van der Waals surface area contributed by atoms with Gasteiger partial charge in [-0.25, -0.2) is 4.39 Å². The standard InChI is InChI=1S/C16H12ClFN2O2/c17-12-4-2-1-3-9(12)7-14-16(22)19-13-6-5-10(18)8-11(13)15(21)20-14/h1-6,8,14H,7H2,(H,19,22)(H,20,21). The normalized spacial score (nSPS) is 17.3. The Hall–Kier alpha value is -2.40. The molecular weight excluding hydrogens is 307 g/mol. The number of halogens is 2. The van der Waals surface area contributed by atoms with Crippen molar-refractivity contribution in [3.63, 3.8) is 0 Å². The summed E-state index contributed by atoms with van der Waals surface area (Å²) < 4.78 is 13.3. The number of hydrogen-bond acceptors (Lipinski definition) is 2. The van der Waals surface area contributed by atoms with Gasteiger partial charge >= 0.3 is 0 Å². The Morgan fingerprint density at radius 2 is 1.91 bits per heavy atom. The quantitative estimate of drug-likeness (QED) is 0.894. The molecule has 1 atom stereocenters. The van der Waals surface area contributed by atoms with Gasteiger partial charge in [0.1, 0.15) is 11.9 Å². The van der Waals surface area contributed by atoms with Gasteiger partial charge in [0.05, 0.1) is 11.3 Å². The van der Waals surface area contributed by atoms with Crippen LogP contribution in [0, 0.1) is 5.82 Å². The maximum atomic E-state index is 13.3. The molecule has 2 aromatic rings. The van der Waals surface area contributed by atoms with E-state index in [1.807, 2.05) is 6.07 Å². The number of hydrogen-bond donors (Lipinski definition) is 2. The molecule has 22 heavy (non-hydrogen) atoms. The Kier molecular flexibility index (Phi) is 3.81. The Bertz CT molecular complexity index is 764. The van der Waals surface area contributed by atoms with Gasteiger partial charge in [-0.1, -0.05) is 29.8 Å². The SMILES string of the molecule is O=C1NC(Cc2ccccc2Cl)C(=O)Nc2ccc(F)cc21. The lowest BCUT2D eigenvalue weighted by atomic mass is 10.1. The third-order valence-corrected chi connectivity index (χ3v) is 3.86. The number of nitrogens with one attached hydrogen (secondary N) is 2. The van der Waals surface area contributed by atoms with Crippen molar-refractivity contribution in [2.24, 2.45) is 0 Å². The van der Waals surface area contributed by atoms with Crippen molar-refractivity contribution < 1.29 is 14.0 Å². The van der Waals surface area contributed by atoms with E-state index >= 15 is 0 Å². The number of benzene rings is 2. The van der Waals surface area contributed by atoms with Crippen LogP contribution in [0.4, 0.5) is 10.1 Å². The van der Waals surface area contributed by atoms with E-state index in [-0.39, 0.29) is 17.9 Å². The van der Waals surface area contributed by atoms with Gasteiger partial charge in [-0.05, 0) is 29.8 Å². The molecule has 2 aromatic carbocycles. The van der Waals surface area contributed by atoms with Crippen molar-refractivity contribution in [3.8, 4) is 0 Å². The lowest BCUT2D eigenvalue weighted by Crippen LogP contribution is -2.42. The summed E-state index contributed by atoms with van der Waals surface area (Å²) in [6.07, 6.45) is 0.258. The molecule has 3 rings (SSSR count). The van der Waals surface area contributed by atoms with Crippen molar-refractivity contribution in [1.29, 1.82) is 0 Å². The van der Waals surface area contributed by atoms with Crippen molar-refractivity contribution in [2.75, 3.05) is 5.32 Å². The summed E-state index contributed by atoms with van der Waals surface area (Å²) in [5, 5.41) is 5.77. The van der Waals surface area contributed by atoms with E-state index in [1.165, 1.54) is 12.1 Å². The second kappa shape index (κ2) is 5.77. The van der Waals surface area contributed by atoms with Gasteiger partial charge in [0, 0.05) is 11.4 Å². The predicted molar refractivity (Wildman–Crippen MR) is 81.4 cm³/mol. The summed E-state index contributed by atoms with van der Waals surface area (Å²) in [4.78, 5) is 24.4. The highest BCUT2D eigenvalue weighted by molar-refractivity contribution is 6.31. The molecule has 1 aliphatic rings. The van der Waals surface area contributed by atoms with Crippen LogP contribution in [0.3, 0.4) is 0 Å². The minimum absolute atomic E-state index is 0.106. The van der Waals surface area contributed by atoms with Crippen LogP contribution in [-0.4, -0.2) is 17.9 Å². The molecule has 0 radical (unpaired) electrons. The molecule has 0 spiro atoms. The zero-order valence-corrected chi connectivity index (χ0v) is 12.2. The summed E-state index contributed by atoms with van der Waals surface area (Å²) in [7, 11) is 0. The summed E-state index contributed by atoms with van der Waals surface area (Å²) in [6, 6.07) is 10.0. The number of carbonyl (C=O) groups is 2. The third kappa shape index (κ3) is 2.80. The van der Waals surface area contributed by atoms with E-state index < -0.39 is 17.8 Å². The summed E-state index contributed by atoms with van der Waals surface area (Å²) >= 11 is 6.08. The van der Waals surface area contributed by atoms with Gasteiger partial charge in [-0.3, -0.25) is 9.59 Å². The topological polar surface area (TPSA) is 58.2 Å². The Balaban J connectivity index is 1.89. The lowest BCUT2D eigenvalue weighted by molar-refractivity contribution is -0.117. The van der Waals surface area contributed by atoms with Crippen LogP contribution >= 0.6 is 11.6 Å². The second-order valence-electron chi connectivity index (χ2n) is 5.00. The van der Waals surface area contributed by atoms with Crippen LogP contribution in [-0.2, 0) is 11.2 Å². The molecule has 1 aliphatic heterocycles. The molecular formula is C16H12ClFN2O2. The third-order valence-electron chi connectivity index (χ3n) is 3.49. The molecule has 0 aliphatic carbocycles. The molecule has 0 fully saturated rings. The average Bonchev–Trinajstić information content (AvgIpc) is 2.60. The van der Waals surface area contributed by atoms with Crippen LogP contribution in [0.5, 0.6) is 0 Å². The molecule has 1 heterocycles. The molecule has 0 saturated heterocycles. The largest absolute Gasteiger partial charge is 0.340 e. The first-order valence-electron chi connectivity index (χ1n) is 6.69. The second-order valence-corrected chi connectivity index (χ2v) is 5.41. The minimum atomic E-state index is -0.775. The van der Waals surface area contributed by atoms with Crippen LogP contribution < -0.4 is 10.6 Å². The first-order chi connectivity index (χ1) is 10.5. The fraction of sp³-hybridized carbons (Fsp3) is 0.125. The zero-order chi connectivity index (χ0) is 15.7. The van der Waals surface area contributed by atoms with Crippen LogP contribution in [0.15, 0.2) is 42.5 Å². The van der Waals surface area contributed by atoms with E-state index in [0.29, 0.717) is 10.7 Å². The summed E-state index contributed by atoms with van der Waals surface area (Å²) in [5.41, 5.74) is 1.15. The first-order valence-corrected chi connectivity index (χ1v) is 7.07. The Morgan fingerprint density at radius 1 is 1.14 bits per heavy atom. The fourth-order valence-corrected chi connectivity index (χ4v) is 2.58. The monoisotopic (exact) mass is 318 g/mol. The van der Waals surface area contributed by atoms with E-state index in [9.17, 15) is 14.0 Å². The zero-order valence-electron chi connectivity index (χ0n) is 11.4. The predicted octanol–water partition coefficient (Wildman–Crippen LogP) is 2.77. The van der Waals surface area contributed by atoms with Gasteiger partial charge in [0.15, 0.2) is 0 Å². The van der Waals surface area contributed by atoms with Gasteiger partial charge in [-0.15, -0.1) is 0 Å². The highest BCUT2D eigenvalue weighted by Crippen LogP contribution is 2.22. The fourth-order valence-electron chi connectivity index (χ4n) is 2.36. The van der Waals surface area contributed by atoms with Crippen LogP contribution in [0.2, 0.25) is 5.02 Å². The number of fused-ring (bicyclic) bond motifs is 1. The maximum Gasteiger partial charge on any atom is 0.254 e. The molecule has 6 heteroatoms. The lowest BCUT2D eigenvalue weighted by Gasteiger charge is -2.15. The Morgan fingerprint density at radius 3 is 2.68 bits per heavy atom. The average molecular weight is 319 g/mol. The molecule has 2 N–H and O–H groups in total. The van der Waals surface area contributed by atoms with Crippen molar-refractivity contribution in [2.45, 2.75) is 12.5 Å². The molecule has 4 nitrogen and oxygen atoms in total.